The van der Waals surface area contributed by atoms with Crippen molar-refractivity contribution >= 4 is 20.5 Å². The van der Waals surface area contributed by atoms with Crippen molar-refractivity contribution in [3.05, 3.63) is 28.3 Å². The first-order chi connectivity index (χ1) is 8.71. The Bertz CT molecular complexity index is 514. The number of hydrogen-bond donors (Lipinski definition) is 1. The molecule has 110 valence electrons. The zero-order valence-electron chi connectivity index (χ0n) is 14.6. The van der Waals surface area contributed by atoms with Crippen LogP contribution in [-0.4, -0.2) is 7.85 Å². The molecule has 0 heterocycles. The quantitative estimate of drug-likeness (QED) is 0.525. The van der Waals surface area contributed by atoms with E-state index in [4.69, 9.17) is 20.5 Å². The van der Waals surface area contributed by atoms with Crippen LogP contribution in [0, 0.1) is 19.3 Å². The minimum absolute atomic E-state index is 0.0206. The molecule has 1 unspecified atom stereocenters. The van der Waals surface area contributed by atoms with E-state index in [1.807, 2.05) is 0 Å². The van der Waals surface area contributed by atoms with E-state index < -0.39 is 5.31 Å². The van der Waals surface area contributed by atoms with Crippen molar-refractivity contribution in [2.75, 3.05) is 0 Å². The molecule has 0 fully saturated rings. The van der Waals surface area contributed by atoms with Crippen molar-refractivity contribution in [3.8, 4) is 0 Å². The number of benzene rings is 1. The van der Waals surface area contributed by atoms with Crippen LogP contribution in [0.15, 0.2) is 11.0 Å². The van der Waals surface area contributed by atoms with E-state index in [1.54, 1.807) is 0 Å². The van der Waals surface area contributed by atoms with Crippen molar-refractivity contribution in [2.45, 2.75) is 77.9 Å². The van der Waals surface area contributed by atoms with Crippen LogP contribution in [0.3, 0.4) is 0 Å². The summed E-state index contributed by atoms with van der Waals surface area (Å²) in [7, 11) is 6.80. The van der Waals surface area contributed by atoms with Gasteiger partial charge in [0.05, 0.1) is 7.85 Å². The van der Waals surface area contributed by atoms with E-state index in [0.29, 0.717) is 0 Å². The van der Waals surface area contributed by atoms with E-state index in [2.05, 4.69) is 68.4 Å². The minimum Gasteiger partial charge on any atom is -0.143 e. The summed E-state index contributed by atoms with van der Waals surface area (Å²) in [5, 5.41) is -0.398. The third kappa shape index (κ3) is 2.96. The predicted octanol–water partition coefficient (Wildman–Crippen LogP) is 5.32. The summed E-state index contributed by atoms with van der Waals surface area (Å²) in [5.41, 5.74) is 5.04. The summed E-state index contributed by atoms with van der Waals surface area (Å²) in [4.78, 5) is 1.08. The standard InChI is InChI=1S/C18H29BS/c1-11-10-12(2)15(20)14(16(3,4)5)13(11)18(9,19)17(6,7)8/h10,20H,1-9H3. The average Bonchev–Trinajstić information content (AvgIpc) is 2.19. The summed E-state index contributed by atoms with van der Waals surface area (Å²) in [6.07, 6.45) is 0. The van der Waals surface area contributed by atoms with Crippen LogP contribution in [0.4, 0.5) is 0 Å². The topological polar surface area (TPSA) is 0 Å². The van der Waals surface area contributed by atoms with Crippen LogP contribution >= 0.6 is 12.6 Å². The Hall–Kier alpha value is -0.365. The third-order valence-corrected chi connectivity index (χ3v) is 5.09. The fourth-order valence-electron chi connectivity index (χ4n) is 2.75. The molecule has 0 N–H and O–H groups in total. The highest BCUT2D eigenvalue weighted by molar-refractivity contribution is 7.80. The third-order valence-electron chi connectivity index (χ3n) is 4.52. The van der Waals surface area contributed by atoms with E-state index in [0.717, 1.165) is 4.90 Å². The van der Waals surface area contributed by atoms with E-state index in [1.165, 1.54) is 22.3 Å². The maximum atomic E-state index is 6.80. The summed E-state index contributed by atoms with van der Waals surface area (Å²) in [6, 6.07) is 2.21. The average molecular weight is 288 g/mol. The molecular weight excluding hydrogens is 259 g/mol. The fourth-order valence-corrected chi connectivity index (χ4v) is 3.26. The molecule has 1 rings (SSSR count). The largest absolute Gasteiger partial charge is 0.143 e. The zero-order chi connectivity index (χ0) is 16.1. The maximum Gasteiger partial charge on any atom is 0.0814 e. The lowest BCUT2D eigenvalue weighted by molar-refractivity contribution is 0.290. The molecule has 0 amide bonds. The lowest BCUT2D eigenvalue weighted by Gasteiger charge is -2.45. The fraction of sp³-hybridized carbons (Fsp3) is 0.667. The van der Waals surface area contributed by atoms with Gasteiger partial charge in [-0.15, -0.1) is 12.6 Å². The highest BCUT2D eigenvalue weighted by atomic mass is 32.1. The van der Waals surface area contributed by atoms with Crippen LogP contribution < -0.4 is 0 Å². The number of hydrogen-bond acceptors (Lipinski definition) is 1. The number of rotatable bonds is 1. The molecule has 0 aliphatic heterocycles. The second-order valence-electron chi connectivity index (χ2n) is 8.31. The lowest BCUT2D eigenvalue weighted by Crippen LogP contribution is -2.40. The van der Waals surface area contributed by atoms with Gasteiger partial charge in [0.1, 0.15) is 0 Å². The first-order valence-corrected chi connectivity index (χ1v) is 7.79. The van der Waals surface area contributed by atoms with Crippen molar-refractivity contribution in [2.24, 2.45) is 5.41 Å². The first-order valence-electron chi connectivity index (χ1n) is 7.34. The number of aryl methyl sites for hydroxylation is 2. The molecule has 1 aromatic carbocycles. The van der Waals surface area contributed by atoms with Crippen LogP contribution in [0.1, 0.15) is 70.7 Å². The van der Waals surface area contributed by atoms with E-state index in [-0.39, 0.29) is 10.8 Å². The Labute approximate surface area is 132 Å². The molecule has 1 aromatic rings. The predicted molar refractivity (Wildman–Crippen MR) is 94.4 cm³/mol. The highest BCUT2D eigenvalue weighted by Crippen LogP contribution is 2.46. The molecule has 0 aliphatic carbocycles. The molecular formula is C18H29BS. The van der Waals surface area contributed by atoms with Gasteiger partial charge in [-0.25, -0.2) is 0 Å². The molecule has 0 nitrogen and oxygen atoms in total. The minimum atomic E-state index is -0.398. The van der Waals surface area contributed by atoms with Gasteiger partial charge in [-0.1, -0.05) is 54.5 Å². The molecule has 2 heteroatoms. The van der Waals surface area contributed by atoms with Gasteiger partial charge >= 0.3 is 0 Å². The van der Waals surface area contributed by atoms with E-state index in [9.17, 15) is 0 Å². The Morgan fingerprint density at radius 2 is 1.30 bits per heavy atom. The van der Waals surface area contributed by atoms with Crippen molar-refractivity contribution in [1.82, 2.24) is 0 Å². The molecule has 0 aromatic heterocycles. The summed E-state index contributed by atoms with van der Waals surface area (Å²) >= 11 is 4.79. The monoisotopic (exact) mass is 288 g/mol. The van der Waals surface area contributed by atoms with Gasteiger partial charge < -0.3 is 0 Å². The normalized spacial score (nSPS) is 16.1. The molecule has 0 bridgehead atoms. The zero-order valence-corrected chi connectivity index (χ0v) is 15.5. The van der Waals surface area contributed by atoms with Gasteiger partial charge in [-0.3, -0.25) is 0 Å². The summed E-state index contributed by atoms with van der Waals surface area (Å²) in [5.74, 6) is 0. The van der Waals surface area contributed by atoms with Crippen LogP contribution in [0.25, 0.3) is 0 Å². The Morgan fingerprint density at radius 3 is 1.65 bits per heavy atom. The van der Waals surface area contributed by atoms with Crippen LogP contribution in [0.2, 0.25) is 0 Å². The lowest BCUT2D eigenvalue weighted by atomic mass is 9.50. The Morgan fingerprint density at radius 1 is 0.850 bits per heavy atom. The van der Waals surface area contributed by atoms with Crippen molar-refractivity contribution in [1.29, 1.82) is 0 Å². The Balaban J connectivity index is 3.85. The number of thiol groups is 1. The van der Waals surface area contributed by atoms with Gasteiger partial charge in [-0.05, 0) is 52.2 Å². The van der Waals surface area contributed by atoms with Gasteiger partial charge in [0.15, 0.2) is 0 Å². The highest BCUT2D eigenvalue weighted by Gasteiger charge is 2.39. The van der Waals surface area contributed by atoms with Crippen LogP contribution in [0.5, 0.6) is 0 Å². The second kappa shape index (κ2) is 5.12. The molecule has 1 atom stereocenters. The maximum absolute atomic E-state index is 6.80. The molecule has 0 aliphatic rings. The second-order valence-corrected chi connectivity index (χ2v) is 8.76. The summed E-state index contributed by atoms with van der Waals surface area (Å²) in [6.45, 7) is 19.8. The smallest absolute Gasteiger partial charge is 0.0814 e. The van der Waals surface area contributed by atoms with Gasteiger partial charge in [-0.2, -0.15) is 0 Å². The van der Waals surface area contributed by atoms with Crippen LogP contribution in [-0.2, 0) is 10.7 Å². The molecule has 0 saturated carbocycles. The molecule has 0 spiro atoms. The first kappa shape index (κ1) is 17.7. The molecule has 0 saturated heterocycles. The van der Waals surface area contributed by atoms with Crippen molar-refractivity contribution in [3.63, 3.8) is 0 Å². The SMILES string of the molecule is [B]C(C)(c1c(C)cc(C)c(S)c1C(C)(C)C)C(C)(C)C. The van der Waals surface area contributed by atoms with Crippen molar-refractivity contribution < 1.29 is 0 Å². The summed E-state index contributed by atoms with van der Waals surface area (Å²) < 4.78 is 0. The van der Waals surface area contributed by atoms with Gasteiger partial charge in [0.25, 0.3) is 0 Å². The molecule has 20 heavy (non-hydrogen) atoms. The molecule has 2 radical (unpaired) electrons. The van der Waals surface area contributed by atoms with E-state index >= 15 is 0 Å². The Kier molecular flexibility index (Phi) is 4.53. The van der Waals surface area contributed by atoms with Gasteiger partial charge in [0.2, 0.25) is 0 Å². The van der Waals surface area contributed by atoms with Gasteiger partial charge in [0, 0.05) is 4.90 Å².